The Kier molecular flexibility index (Phi) is 8.04. The maximum Gasteiger partial charge on any atom is 0.239 e. The number of nitrogens with zero attached hydrogens (tertiary/aromatic N) is 2. The van der Waals surface area contributed by atoms with Crippen LogP contribution in [0.5, 0.6) is 0 Å². The van der Waals surface area contributed by atoms with Crippen molar-refractivity contribution in [1.29, 1.82) is 0 Å². The first kappa shape index (κ1) is 21.7. The van der Waals surface area contributed by atoms with Crippen LogP contribution in [-0.4, -0.2) is 27.5 Å². The number of hydrogen-bond acceptors (Lipinski definition) is 3. The number of nitrogens with one attached hydrogen (secondary N) is 1. The van der Waals surface area contributed by atoms with Crippen LogP contribution in [-0.2, 0) is 11.2 Å². The highest BCUT2D eigenvalue weighted by molar-refractivity contribution is 5.86. The summed E-state index contributed by atoms with van der Waals surface area (Å²) in [4.78, 5) is 16.5. The van der Waals surface area contributed by atoms with Crippen LogP contribution < -0.4 is 11.1 Å². The molecule has 1 amide bonds. The maximum absolute atomic E-state index is 11.8. The molecule has 2 aromatic rings. The summed E-state index contributed by atoms with van der Waals surface area (Å²) >= 11 is 0. The lowest BCUT2D eigenvalue weighted by atomic mass is 10.1. The molecule has 0 spiro atoms. The Balaban J connectivity index is 0.00000242. The molecule has 5 nitrogen and oxygen atoms in total. The predicted molar refractivity (Wildman–Crippen MR) is 99.6 cm³/mol. The Hall–Kier alpha value is -1.30. The zero-order valence-corrected chi connectivity index (χ0v) is 15.6. The van der Waals surface area contributed by atoms with Crippen LogP contribution >= 0.6 is 24.8 Å². The first-order chi connectivity index (χ1) is 9.80. The van der Waals surface area contributed by atoms with Crippen molar-refractivity contribution in [2.24, 2.45) is 5.73 Å². The average Bonchev–Trinajstić information content (AvgIpc) is 2.75. The molecule has 130 valence electrons. The van der Waals surface area contributed by atoms with Crippen LogP contribution in [0.1, 0.15) is 39.6 Å². The Morgan fingerprint density at radius 2 is 1.91 bits per heavy atom. The van der Waals surface area contributed by atoms with Gasteiger partial charge in [0.15, 0.2) is 0 Å². The Labute approximate surface area is 149 Å². The van der Waals surface area contributed by atoms with Crippen molar-refractivity contribution in [1.82, 2.24) is 14.9 Å². The Morgan fingerprint density at radius 1 is 1.30 bits per heavy atom. The van der Waals surface area contributed by atoms with Crippen LogP contribution in [0.2, 0.25) is 0 Å². The molecule has 0 fully saturated rings. The highest BCUT2D eigenvalue weighted by atomic mass is 35.5. The van der Waals surface area contributed by atoms with E-state index < -0.39 is 5.54 Å². The first-order valence-electron chi connectivity index (χ1n) is 7.33. The number of fused-ring (bicyclic) bond motifs is 1. The van der Waals surface area contributed by atoms with E-state index in [9.17, 15) is 4.79 Å². The molecule has 1 aromatic heterocycles. The monoisotopic (exact) mass is 360 g/mol. The van der Waals surface area contributed by atoms with Crippen molar-refractivity contribution < 1.29 is 4.79 Å². The molecule has 1 heterocycles. The molecule has 0 saturated carbocycles. The van der Waals surface area contributed by atoms with Gasteiger partial charge in [0.2, 0.25) is 5.91 Å². The molecule has 0 aliphatic carbocycles. The molecule has 3 N–H and O–H groups in total. The molecular weight excluding hydrogens is 335 g/mol. The molecule has 23 heavy (non-hydrogen) atoms. The second kappa shape index (κ2) is 8.52. The quantitative estimate of drug-likeness (QED) is 0.860. The van der Waals surface area contributed by atoms with E-state index in [0.717, 1.165) is 16.9 Å². The molecule has 0 aliphatic rings. The summed E-state index contributed by atoms with van der Waals surface area (Å²) in [6.45, 7) is 8.21. The Morgan fingerprint density at radius 3 is 2.48 bits per heavy atom. The highest BCUT2D eigenvalue weighted by Crippen LogP contribution is 2.20. The summed E-state index contributed by atoms with van der Waals surface area (Å²) < 4.78 is 2.22. The number of amides is 1. The summed E-state index contributed by atoms with van der Waals surface area (Å²) in [7, 11) is 0. The summed E-state index contributed by atoms with van der Waals surface area (Å²) in [6.07, 6.45) is 0.689. The molecule has 0 saturated heterocycles. The van der Waals surface area contributed by atoms with E-state index in [1.54, 1.807) is 13.8 Å². The van der Waals surface area contributed by atoms with Gasteiger partial charge in [0.05, 0.1) is 16.6 Å². The van der Waals surface area contributed by atoms with Gasteiger partial charge >= 0.3 is 0 Å². The number of imidazole rings is 1. The van der Waals surface area contributed by atoms with Crippen LogP contribution in [0.15, 0.2) is 24.3 Å². The minimum Gasteiger partial charge on any atom is -0.354 e. The molecule has 0 aliphatic heterocycles. The van der Waals surface area contributed by atoms with Gasteiger partial charge in [0.25, 0.3) is 0 Å². The third-order valence-corrected chi connectivity index (χ3v) is 3.40. The van der Waals surface area contributed by atoms with Gasteiger partial charge in [-0.2, -0.15) is 0 Å². The van der Waals surface area contributed by atoms with E-state index in [0.29, 0.717) is 19.0 Å². The summed E-state index contributed by atoms with van der Waals surface area (Å²) in [5.41, 5.74) is 7.04. The number of halogens is 2. The molecule has 0 unspecified atom stereocenters. The summed E-state index contributed by atoms with van der Waals surface area (Å²) in [5, 5.41) is 2.86. The van der Waals surface area contributed by atoms with Gasteiger partial charge in [-0.05, 0) is 39.8 Å². The van der Waals surface area contributed by atoms with E-state index in [-0.39, 0.29) is 30.7 Å². The maximum atomic E-state index is 11.8. The third-order valence-electron chi connectivity index (χ3n) is 3.40. The lowest BCUT2D eigenvalue weighted by molar-refractivity contribution is -0.125. The second-order valence-corrected chi connectivity index (χ2v) is 6.21. The van der Waals surface area contributed by atoms with Crippen molar-refractivity contribution in [2.45, 2.75) is 45.7 Å². The summed E-state index contributed by atoms with van der Waals surface area (Å²) in [5.74, 6) is 0.844. The zero-order valence-electron chi connectivity index (χ0n) is 14.0. The standard InChI is InChI=1S/C16H24N4O.2ClH/c1-11(2)20-13-8-6-5-7-12(13)19-14(20)9-10-18-15(21)16(3,4)17;;/h5-8,11H,9-10,17H2,1-4H3,(H,18,21);2*1H. The molecule has 7 heteroatoms. The molecule has 0 atom stereocenters. The number of benzene rings is 1. The minimum atomic E-state index is -0.849. The van der Waals surface area contributed by atoms with Crippen LogP contribution in [0, 0.1) is 0 Å². The van der Waals surface area contributed by atoms with Gasteiger partial charge in [-0.15, -0.1) is 24.8 Å². The predicted octanol–water partition coefficient (Wildman–Crippen LogP) is 2.86. The minimum absolute atomic E-state index is 0. The van der Waals surface area contributed by atoms with Crippen molar-refractivity contribution in [3.05, 3.63) is 30.1 Å². The van der Waals surface area contributed by atoms with Gasteiger partial charge in [0, 0.05) is 19.0 Å². The van der Waals surface area contributed by atoms with Crippen LogP contribution in [0.25, 0.3) is 11.0 Å². The molecule has 1 aromatic carbocycles. The number of hydrogen-bond donors (Lipinski definition) is 2. The van der Waals surface area contributed by atoms with Gasteiger partial charge in [-0.3, -0.25) is 4.79 Å². The van der Waals surface area contributed by atoms with E-state index in [1.807, 2.05) is 18.2 Å². The lowest BCUT2D eigenvalue weighted by Crippen LogP contribution is -2.49. The second-order valence-electron chi connectivity index (χ2n) is 6.21. The number of aromatic nitrogens is 2. The smallest absolute Gasteiger partial charge is 0.239 e. The molecule has 2 rings (SSSR count). The normalized spacial score (nSPS) is 11.0. The van der Waals surface area contributed by atoms with Crippen molar-refractivity contribution in [3.63, 3.8) is 0 Å². The SMILES string of the molecule is CC(C)n1c(CCNC(=O)C(C)(C)N)nc2ccccc21.Cl.Cl. The van der Waals surface area contributed by atoms with E-state index in [4.69, 9.17) is 5.73 Å². The van der Waals surface area contributed by atoms with Crippen LogP contribution in [0.4, 0.5) is 0 Å². The number of carbonyl (C=O) groups is 1. The fourth-order valence-corrected chi connectivity index (χ4v) is 2.36. The average molecular weight is 361 g/mol. The van der Waals surface area contributed by atoms with E-state index in [2.05, 4.69) is 34.8 Å². The van der Waals surface area contributed by atoms with E-state index in [1.165, 1.54) is 0 Å². The third kappa shape index (κ3) is 5.09. The number of nitrogens with two attached hydrogens (primary N) is 1. The molecular formula is C16H26Cl2N4O. The summed E-state index contributed by atoms with van der Waals surface area (Å²) in [6, 6.07) is 8.43. The van der Waals surface area contributed by atoms with Gasteiger partial charge in [-0.1, -0.05) is 12.1 Å². The zero-order chi connectivity index (χ0) is 15.6. The first-order valence-corrected chi connectivity index (χ1v) is 7.33. The van der Waals surface area contributed by atoms with Gasteiger partial charge < -0.3 is 15.6 Å². The highest BCUT2D eigenvalue weighted by Gasteiger charge is 2.21. The lowest BCUT2D eigenvalue weighted by Gasteiger charge is -2.18. The topological polar surface area (TPSA) is 72.9 Å². The van der Waals surface area contributed by atoms with Gasteiger partial charge in [-0.25, -0.2) is 4.98 Å². The Bertz CT molecular complexity index is 647. The van der Waals surface area contributed by atoms with Crippen molar-refractivity contribution in [2.75, 3.05) is 6.54 Å². The number of para-hydroxylation sites is 2. The molecule has 0 radical (unpaired) electrons. The number of carbonyl (C=O) groups excluding carboxylic acids is 1. The van der Waals surface area contributed by atoms with E-state index >= 15 is 0 Å². The largest absolute Gasteiger partial charge is 0.354 e. The fraction of sp³-hybridized carbons (Fsp3) is 0.500. The van der Waals surface area contributed by atoms with Crippen molar-refractivity contribution >= 4 is 41.8 Å². The molecule has 0 bridgehead atoms. The number of rotatable bonds is 5. The fourth-order valence-electron chi connectivity index (χ4n) is 2.36. The van der Waals surface area contributed by atoms with Crippen molar-refractivity contribution in [3.8, 4) is 0 Å². The van der Waals surface area contributed by atoms with Crippen LogP contribution in [0.3, 0.4) is 0 Å². The van der Waals surface area contributed by atoms with Gasteiger partial charge in [0.1, 0.15) is 5.82 Å².